The van der Waals surface area contributed by atoms with Crippen LogP contribution in [-0.2, 0) is 13.0 Å². The van der Waals surface area contributed by atoms with Crippen molar-refractivity contribution < 1.29 is 19.0 Å². The van der Waals surface area contributed by atoms with Crippen molar-refractivity contribution >= 4 is 0 Å². The summed E-state index contributed by atoms with van der Waals surface area (Å²) < 4.78 is 24.6. The Morgan fingerprint density at radius 2 is 2.10 bits per heavy atom. The maximum absolute atomic E-state index is 13.3. The molecule has 0 saturated carbocycles. The van der Waals surface area contributed by atoms with Crippen molar-refractivity contribution in [2.45, 2.75) is 19.1 Å². The van der Waals surface area contributed by atoms with E-state index >= 15 is 0 Å². The van der Waals surface area contributed by atoms with Gasteiger partial charge in [-0.2, -0.15) is 0 Å². The van der Waals surface area contributed by atoms with E-state index < -0.39 is 5.82 Å². The van der Waals surface area contributed by atoms with Crippen molar-refractivity contribution in [1.82, 2.24) is 0 Å². The van der Waals surface area contributed by atoms with Gasteiger partial charge in [0.05, 0.1) is 6.61 Å². The molecule has 3 rings (SSSR count). The zero-order valence-electron chi connectivity index (χ0n) is 10.9. The molecule has 3 nitrogen and oxygen atoms in total. The van der Waals surface area contributed by atoms with Gasteiger partial charge in [-0.1, -0.05) is 18.2 Å². The summed E-state index contributed by atoms with van der Waals surface area (Å²) >= 11 is 0. The van der Waals surface area contributed by atoms with Gasteiger partial charge in [0, 0.05) is 12.5 Å². The number of rotatable bonds is 4. The summed E-state index contributed by atoms with van der Waals surface area (Å²) in [4.78, 5) is 0. The number of hydrogen-bond acceptors (Lipinski definition) is 3. The molecule has 1 aliphatic rings. The van der Waals surface area contributed by atoms with Crippen molar-refractivity contribution in [2.24, 2.45) is 0 Å². The van der Waals surface area contributed by atoms with E-state index in [1.165, 1.54) is 12.1 Å². The zero-order chi connectivity index (χ0) is 13.9. The lowest BCUT2D eigenvalue weighted by molar-refractivity contribution is 0.148. The number of aliphatic hydroxyl groups excluding tert-OH is 1. The van der Waals surface area contributed by atoms with Gasteiger partial charge in [-0.05, 0) is 29.3 Å². The second kappa shape index (κ2) is 5.51. The SMILES string of the molecule is OCc1cc(F)cc(OCC2Cc3ccccc3O2)c1. The van der Waals surface area contributed by atoms with Crippen LogP contribution in [0.3, 0.4) is 0 Å². The van der Waals surface area contributed by atoms with Crippen molar-refractivity contribution in [1.29, 1.82) is 0 Å². The fourth-order valence-electron chi connectivity index (χ4n) is 2.33. The Kier molecular flexibility index (Phi) is 3.56. The molecule has 0 bridgehead atoms. The molecule has 104 valence electrons. The summed E-state index contributed by atoms with van der Waals surface area (Å²) in [5.41, 5.74) is 1.66. The van der Waals surface area contributed by atoms with Crippen LogP contribution in [0.4, 0.5) is 4.39 Å². The topological polar surface area (TPSA) is 38.7 Å². The number of ether oxygens (including phenoxy) is 2. The standard InChI is InChI=1S/C16H15FO3/c17-13-5-11(9-18)6-14(8-13)19-10-15-7-12-3-1-2-4-16(12)20-15/h1-6,8,15,18H,7,9-10H2. The zero-order valence-corrected chi connectivity index (χ0v) is 10.9. The summed E-state index contributed by atoms with van der Waals surface area (Å²) in [5, 5.41) is 9.04. The molecule has 2 aromatic rings. The lowest BCUT2D eigenvalue weighted by Crippen LogP contribution is -2.22. The Bertz CT molecular complexity index is 587. The Balaban J connectivity index is 1.63. The van der Waals surface area contributed by atoms with Crippen molar-refractivity contribution in [3.8, 4) is 11.5 Å². The Morgan fingerprint density at radius 3 is 2.90 bits per heavy atom. The van der Waals surface area contributed by atoms with Crippen LogP contribution in [0.25, 0.3) is 0 Å². The fraction of sp³-hybridized carbons (Fsp3) is 0.250. The first-order chi connectivity index (χ1) is 9.74. The average molecular weight is 274 g/mol. The second-order valence-corrected chi connectivity index (χ2v) is 4.82. The Hall–Kier alpha value is -2.07. The molecule has 20 heavy (non-hydrogen) atoms. The molecule has 2 aromatic carbocycles. The lowest BCUT2D eigenvalue weighted by atomic mass is 10.1. The lowest BCUT2D eigenvalue weighted by Gasteiger charge is -2.13. The third kappa shape index (κ3) is 2.75. The predicted molar refractivity (Wildman–Crippen MR) is 72.4 cm³/mol. The molecule has 0 fully saturated rings. The van der Waals surface area contributed by atoms with E-state index in [0.29, 0.717) is 17.9 Å². The average Bonchev–Trinajstić information content (AvgIpc) is 2.87. The highest BCUT2D eigenvalue weighted by Crippen LogP contribution is 2.28. The molecule has 0 saturated heterocycles. The van der Waals surface area contributed by atoms with Crippen LogP contribution in [0, 0.1) is 5.82 Å². The largest absolute Gasteiger partial charge is 0.490 e. The number of fused-ring (bicyclic) bond motifs is 1. The quantitative estimate of drug-likeness (QED) is 0.931. The molecule has 1 heterocycles. The van der Waals surface area contributed by atoms with Crippen molar-refractivity contribution in [3.63, 3.8) is 0 Å². The number of aliphatic hydroxyl groups is 1. The summed E-state index contributed by atoms with van der Waals surface area (Å²) in [6.07, 6.45) is 0.728. The molecule has 0 radical (unpaired) electrons. The number of para-hydroxylation sites is 1. The first kappa shape index (κ1) is 12.9. The molecule has 0 amide bonds. The predicted octanol–water partition coefficient (Wildman–Crippen LogP) is 2.70. The van der Waals surface area contributed by atoms with E-state index in [2.05, 4.69) is 0 Å². The molecule has 0 aromatic heterocycles. The van der Waals surface area contributed by atoms with Gasteiger partial charge in [-0.3, -0.25) is 0 Å². The van der Waals surface area contributed by atoms with E-state index in [4.69, 9.17) is 14.6 Å². The molecule has 1 atom stereocenters. The van der Waals surface area contributed by atoms with E-state index in [1.54, 1.807) is 6.07 Å². The van der Waals surface area contributed by atoms with Crippen LogP contribution in [-0.4, -0.2) is 17.8 Å². The molecular weight excluding hydrogens is 259 g/mol. The Labute approximate surface area is 116 Å². The van der Waals surface area contributed by atoms with Crippen LogP contribution in [0.15, 0.2) is 42.5 Å². The maximum Gasteiger partial charge on any atom is 0.137 e. The highest BCUT2D eigenvalue weighted by atomic mass is 19.1. The smallest absolute Gasteiger partial charge is 0.137 e. The van der Waals surface area contributed by atoms with E-state index in [-0.39, 0.29) is 12.7 Å². The molecule has 0 aliphatic carbocycles. The highest BCUT2D eigenvalue weighted by molar-refractivity contribution is 5.37. The minimum Gasteiger partial charge on any atom is -0.490 e. The summed E-state index contributed by atoms with van der Waals surface area (Å²) in [6.45, 7) is 0.141. The van der Waals surface area contributed by atoms with Crippen LogP contribution in [0.5, 0.6) is 11.5 Å². The van der Waals surface area contributed by atoms with Crippen LogP contribution in [0.1, 0.15) is 11.1 Å². The van der Waals surface area contributed by atoms with Crippen molar-refractivity contribution in [3.05, 3.63) is 59.4 Å². The van der Waals surface area contributed by atoms with Gasteiger partial charge in [-0.15, -0.1) is 0 Å². The molecule has 1 unspecified atom stereocenters. The fourth-order valence-corrected chi connectivity index (χ4v) is 2.33. The van der Waals surface area contributed by atoms with Gasteiger partial charge in [0.25, 0.3) is 0 Å². The van der Waals surface area contributed by atoms with E-state index in [1.807, 2.05) is 24.3 Å². The second-order valence-electron chi connectivity index (χ2n) is 4.82. The van der Waals surface area contributed by atoms with Gasteiger partial charge in [0.15, 0.2) is 0 Å². The van der Waals surface area contributed by atoms with Gasteiger partial charge >= 0.3 is 0 Å². The molecule has 1 N–H and O–H groups in total. The van der Waals surface area contributed by atoms with Gasteiger partial charge < -0.3 is 14.6 Å². The summed E-state index contributed by atoms with van der Waals surface area (Å²) in [5.74, 6) is 0.882. The number of benzene rings is 2. The van der Waals surface area contributed by atoms with Crippen LogP contribution < -0.4 is 9.47 Å². The van der Waals surface area contributed by atoms with Crippen LogP contribution in [0.2, 0.25) is 0 Å². The van der Waals surface area contributed by atoms with Gasteiger partial charge in [0.2, 0.25) is 0 Å². The highest BCUT2D eigenvalue weighted by Gasteiger charge is 2.22. The first-order valence-electron chi connectivity index (χ1n) is 6.52. The minimum atomic E-state index is -0.415. The third-order valence-electron chi connectivity index (χ3n) is 3.26. The number of halogens is 1. The number of hydrogen-bond donors (Lipinski definition) is 1. The molecular formula is C16H15FO3. The Morgan fingerprint density at radius 1 is 1.25 bits per heavy atom. The monoisotopic (exact) mass is 274 g/mol. The third-order valence-corrected chi connectivity index (χ3v) is 3.26. The van der Waals surface area contributed by atoms with Crippen molar-refractivity contribution in [2.75, 3.05) is 6.61 Å². The maximum atomic E-state index is 13.3. The van der Waals surface area contributed by atoms with Crippen LogP contribution >= 0.6 is 0 Å². The minimum absolute atomic E-state index is 0.0618. The normalized spacial score (nSPS) is 16.6. The summed E-state index contributed by atoms with van der Waals surface area (Å²) in [7, 11) is 0. The molecule has 0 spiro atoms. The molecule has 4 heteroatoms. The molecule has 1 aliphatic heterocycles. The van der Waals surface area contributed by atoms with E-state index in [0.717, 1.165) is 17.7 Å². The first-order valence-corrected chi connectivity index (χ1v) is 6.52. The van der Waals surface area contributed by atoms with Gasteiger partial charge in [-0.25, -0.2) is 4.39 Å². The van der Waals surface area contributed by atoms with Gasteiger partial charge in [0.1, 0.15) is 30.0 Å². The summed E-state index contributed by atoms with van der Waals surface area (Å²) in [6, 6.07) is 12.1. The van der Waals surface area contributed by atoms with E-state index in [9.17, 15) is 4.39 Å².